The van der Waals surface area contributed by atoms with Crippen molar-refractivity contribution < 1.29 is 13.9 Å². The second kappa shape index (κ2) is 4.84. The Morgan fingerprint density at radius 3 is 2.75 bits per heavy atom. The fourth-order valence-electron chi connectivity index (χ4n) is 0.207. The van der Waals surface area contributed by atoms with Gasteiger partial charge in [0, 0.05) is 5.88 Å². The predicted octanol–water partition coefficient (Wildman–Crippen LogP) is 1.72. The van der Waals surface area contributed by atoms with E-state index in [2.05, 4.69) is 4.74 Å². The van der Waals surface area contributed by atoms with Crippen LogP contribution in [0.3, 0.4) is 0 Å². The molecule has 0 bridgehead atoms. The van der Waals surface area contributed by atoms with Gasteiger partial charge in [-0.25, -0.2) is 4.79 Å². The van der Waals surface area contributed by atoms with Crippen molar-refractivity contribution in [2.24, 2.45) is 0 Å². The van der Waals surface area contributed by atoms with Crippen LogP contribution in [0.4, 0.5) is 9.18 Å². The molecule has 0 amide bonds. The van der Waals surface area contributed by atoms with Gasteiger partial charge in [-0.05, 0) is 6.42 Å². The van der Waals surface area contributed by atoms with Crippen LogP contribution in [0, 0.1) is 0 Å². The molecular formula is C4H6ClFO2. The molecule has 0 N–H and O–H groups in total. The molecule has 0 radical (unpaired) electrons. The fraction of sp³-hybridized carbons (Fsp3) is 0.750. The number of rotatable bonds is 3. The lowest BCUT2D eigenvalue weighted by molar-refractivity contribution is 0.121. The van der Waals surface area contributed by atoms with E-state index in [-0.39, 0.29) is 6.61 Å². The van der Waals surface area contributed by atoms with Crippen molar-refractivity contribution in [3.8, 4) is 0 Å². The van der Waals surface area contributed by atoms with Gasteiger partial charge in [0.1, 0.15) is 0 Å². The Morgan fingerprint density at radius 1 is 1.75 bits per heavy atom. The van der Waals surface area contributed by atoms with Gasteiger partial charge in [-0.3, -0.25) is 0 Å². The molecule has 2 nitrogen and oxygen atoms in total. The second-order valence-corrected chi connectivity index (χ2v) is 1.51. The molecule has 0 aromatic rings. The highest BCUT2D eigenvalue weighted by Crippen LogP contribution is 1.87. The summed E-state index contributed by atoms with van der Waals surface area (Å²) in [5.74, 6) is 0.382. The first-order valence-electron chi connectivity index (χ1n) is 2.15. The molecule has 4 heteroatoms. The molecule has 8 heavy (non-hydrogen) atoms. The van der Waals surface area contributed by atoms with E-state index in [4.69, 9.17) is 11.6 Å². The summed E-state index contributed by atoms with van der Waals surface area (Å²) in [5, 5.41) is 0. The Morgan fingerprint density at radius 2 is 2.38 bits per heavy atom. The zero-order valence-corrected chi connectivity index (χ0v) is 4.95. The molecule has 0 spiro atoms. The van der Waals surface area contributed by atoms with Crippen LogP contribution in [0.1, 0.15) is 6.42 Å². The highest BCUT2D eigenvalue weighted by atomic mass is 35.5. The van der Waals surface area contributed by atoms with E-state index in [9.17, 15) is 9.18 Å². The van der Waals surface area contributed by atoms with Gasteiger partial charge in [0.2, 0.25) is 0 Å². The molecule has 0 fully saturated rings. The third-order valence-corrected chi connectivity index (χ3v) is 0.761. The van der Waals surface area contributed by atoms with Crippen molar-refractivity contribution in [1.82, 2.24) is 0 Å². The van der Waals surface area contributed by atoms with Crippen LogP contribution in [-0.2, 0) is 4.74 Å². The zero-order valence-electron chi connectivity index (χ0n) is 4.19. The average Bonchev–Trinajstić information content (AvgIpc) is 1.66. The molecule has 0 aromatic heterocycles. The number of hydrogen-bond donors (Lipinski definition) is 0. The maximum atomic E-state index is 11.1. The van der Waals surface area contributed by atoms with Gasteiger partial charge >= 0.3 is 6.22 Å². The van der Waals surface area contributed by atoms with Crippen LogP contribution in [-0.4, -0.2) is 18.7 Å². The van der Waals surface area contributed by atoms with E-state index >= 15 is 0 Å². The molecule has 0 saturated heterocycles. The van der Waals surface area contributed by atoms with E-state index in [0.717, 1.165) is 0 Å². The SMILES string of the molecule is O=C(F)OCCCCl. The maximum absolute atomic E-state index is 11.1. The van der Waals surface area contributed by atoms with Gasteiger partial charge in [0.05, 0.1) is 6.61 Å². The van der Waals surface area contributed by atoms with Gasteiger partial charge in [-0.2, -0.15) is 0 Å². The molecule has 0 aliphatic rings. The van der Waals surface area contributed by atoms with Crippen LogP contribution >= 0.6 is 11.6 Å². The lowest BCUT2D eigenvalue weighted by atomic mass is 10.5. The molecule has 0 aliphatic heterocycles. The lowest BCUT2D eigenvalue weighted by Crippen LogP contribution is -1.97. The van der Waals surface area contributed by atoms with E-state index < -0.39 is 6.22 Å². The summed E-state index contributed by atoms with van der Waals surface area (Å²) in [4.78, 5) is 9.39. The Bertz CT molecular complexity index is 76.4. The summed E-state index contributed by atoms with van der Waals surface area (Å²) in [5.41, 5.74) is 0. The van der Waals surface area contributed by atoms with Gasteiger partial charge in [-0.1, -0.05) is 0 Å². The van der Waals surface area contributed by atoms with Gasteiger partial charge < -0.3 is 4.74 Å². The first kappa shape index (κ1) is 7.69. The smallest absolute Gasteiger partial charge is 0.440 e. The molecule has 0 unspecified atom stereocenters. The van der Waals surface area contributed by atoms with Gasteiger partial charge in [0.15, 0.2) is 0 Å². The first-order valence-corrected chi connectivity index (χ1v) is 2.69. The van der Waals surface area contributed by atoms with Crippen LogP contribution in [0.2, 0.25) is 0 Å². The Hall–Kier alpha value is -0.310. The molecule has 0 rings (SSSR count). The van der Waals surface area contributed by atoms with Crippen LogP contribution < -0.4 is 0 Å². The molecule has 0 aliphatic carbocycles. The molecule has 48 valence electrons. The number of alkyl halides is 1. The van der Waals surface area contributed by atoms with E-state index in [0.29, 0.717) is 12.3 Å². The lowest BCUT2D eigenvalue weighted by Gasteiger charge is -1.92. The van der Waals surface area contributed by atoms with Crippen LogP contribution in [0.5, 0.6) is 0 Å². The van der Waals surface area contributed by atoms with Crippen LogP contribution in [0.25, 0.3) is 0 Å². The molecule has 0 atom stereocenters. The zero-order chi connectivity index (χ0) is 6.41. The standard InChI is InChI=1S/C4H6ClFO2/c5-2-1-3-8-4(6)7/h1-3H2. The molecule has 0 heterocycles. The Labute approximate surface area is 51.6 Å². The van der Waals surface area contributed by atoms with Crippen molar-refractivity contribution in [3.05, 3.63) is 0 Å². The van der Waals surface area contributed by atoms with Crippen molar-refractivity contribution in [2.45, 2.75) is 6.42 Å². The number of carbonyl (C=O) groups is 1. The van der Waals surface area contributed by atoms with Crippen molar-refractivity contribution >= 4 is 17.8 Å². The van der Waals surface area contributed by atoms with E-state index in [1.54, 1.807) is 0 Å². The summed E-state index contributed by atoms with van der Waals surface area (Å²) in [6.45, 7) is 0.0683. The summed E-state index contributed by atoms with van der Waals surface area (Å²) in [6.07, 6.45) is -1.24. The van der Waals surface area contributed by atoms with E-state index in [1.165, 1.54) is 0 Å². The number of hydrogen-bond acceptors (Lipinski definition) is 2. The minimum Gasteiger partial charge on any atom is -0.440 e. The monoisotopic (exact) mass is 140 g/mol. The second-order valence-electron chi connectivity index (χ2n) is 1.13. The predicted molar refractivity (Wildman–Crippen MR) is 27.8 cm³/mol. The van der Waals surface area contributed by atoms with Crippen molar-refractivity contribution in [2.75, 3.05) is 12.5 Å². The fourth-order valence-corrected chi connectivity index (χ4v) is 0.316. The van der Waals surface area contributed by atoms with Crippen molar-refractivity contribution in [3.63, 3.8) is 0 Å². The number of ether oxygens (including phenoxy) is 1. The van der Waals surface area contributed by atoms with Gasteiger partial charge in [-0.15, -0.1) is 16.0 Å². The highest BCUT2D eigenvalue weighted by Gasteiger charge is 1.94. The third-order valence-electron chi connectivity index (χ3n) is 0.494. The highest BCUT2D eigenvalue weighted by molar-refractivity contribution is 6.17. The van der Waals surface area contributed by atoms with Crippen molar-refractivity contribution in [1.29, 1.82) is 0 Å². The minimum absolute atomic E-state index is 0.0683. The topological polar surface area (TPSA) is 26.3 Å². The summed E-state index contributed by atoms with van der Waals surface area (Å²) < 4.78 is 15.0. The van der Waals surface area contributed by atoms with E-state index in [1.807, 2.05) is 0 Å². The third kappa shape index (κ3) is 5.69. The summed E-state index contributed by atoms with van der Waals surface area (Å²) in [7, 11) is 0. The molecule has 0 aromatic carbocycles. The first-order chi connectivity index (χ1) is 3.77. The number of halogens is 2. The normalized spacial score (nSPS) is 8.75. The van der Waals surface area contributed by atoms with Gasteiger partial charge in [0.25, 0.3) is 0 Å². The Balaban J connectivity index is 2.82. The summed E-state index contributed by atoms with van der Waals surface area (Å²) in [6, 6.07) is 0. The quantitative estimate of drug-likeness (QED) is 0.339. The minimum atomic E-state index is -1.74. The Kier molecular flexibility index (Phi) is 4.65. The average molecular weight is 141 g/mol. The maximum Gasteiger partial charge on any atom is 0.495 e. The molecule has 0 saturated carbocycles. The largest absolute Gasteiger partial charge is 0.495 e. The number of carbonyl (C=O) groups excluding carboxylic acids is 1. The summed E-state index contributed by atoms with van der Waals surface area (Å²) >= 11 is 5.17. The van der Waals surface area contributed by atoms with Crippen LogP contribution in [0.15, 0.2) is 0 Å². The molecular weight excluding hydrogens is 134 g/mol.